The summed E-state index contributed by atoms with van der Waals surface area (Å²) in [7, 11) is 0. The number of carboxylic acids is 1. The van der Waals surface area contributed by atoms with Crippen LogP contribution in [0.4, 0.5) is 0 Å². The molecule has 0 bridgehead atoms. The van der Waals surface area contributed by atoms with Crippen LogP contribution in [-0.2, 0) is 97.5 Å². The van der Waals surface area contributed by atoms with E-state index in [9.17, 15) is 101 Å². The van der Waals surface area contributed by atoms with E-state index in [0.717, 1.165) is 0 Å². The van der Waals surface area contributed by atoms with Crippen LogP contribution in [0.1, 0.15) is 231 Å². The second kappa shape index (κ2) is 60.8. The van der Waals surface area contributed by atoms with Crippen molar-refractivity contribution >= 4 is 129 Å². The van der Waals surface area contributed by atoms with E-state index >= 15 is 0 Å². The van der Waals surface area contributed by atoms with Gasteiger partial charge in [0.15, 0.2) is 5.96 Å². The Morgan fingerprint density at radius 3 is 1.22 bits per heavy atom. The van der Waals surface area contributed by atoms with E-state index in [4.69, 9.17) is 40.1 Å². The first-order valence-corrected chi connectivity index (χ1v) is 45.8. The van der Waals surface area contributed by atoms with Gasteiger partial charge < -0.3 is 135 Å². The number of benzene rings is 1. The first-order valence-electron chi connectivity index (χ1n) is 45.8. The van der Waals surface area contributed by atoms with Crippen molar-refractivity contribution in [1.29, 1.82) is 0 Å². The number of aromatic amines is 1. The molecule has 45 heteroatoms. The number of aromatic nitrogens is 1. The average molecular weight is 1880 g/mol. The molecule has 45 nitrogen and oxygen atoms in total. The van der Waals surface area contributed by atoms with Crippen LogP contribution in [-0.4, -0.2) is 250 Å². The predicted octanol–water partition coefficient (Wildman–Crippen LogP) is -3.52. The number of carboxylic acid groups (broad SMARTS) is 1. The van der Waals surface area contributed by atoms with Crippen LogP contribution in [0.25, 0.3) is 10.9 Å². The van der Waals surface area contributed by atoms with Gasteiger partial charge >= 0.3 is 5.97 Å². The van der Waals surface area contributed by atoms with E-state index in [2.05, 4.69) is 89.7 Å². The lowest BCUT2D eigenvalue weighted by Crippen LogP contribution is -2.62. The normalized spacial score (nSPS) is 15.2. The Morgan fingerprint density at radius 2 is 0.759 bits per heavy atom. The third-order valence-electron chi connectivity index (χ3n) is 22.0. The number of H-pyrrole nitrogens is 1. The van der Waals surface area contributed by atoms with Crippen LogP contribution < -0.4 is 120 Å². The molecule has 2 rings (SSSR count). The molecule has 2 aromatic rings. The Hall–Kier alpha value is -12.2. The summed E-state index contributed by atoms with van der Waals surface area (Å²) in [5.41, 5.74) is 40.1. The molecule has 1 aromatic carbocycles. The molecule has 32 N–H and O–H groups in total. The maximum absolute atomic E-state index is 14.7. The van der Waals surface area contributed by atoms with Crippen LogP contribution in [0.5, 0.6) is 0 Å². The lowest BCUT2D eigenvalue weighted by atomic mass is 9.97. The maximum atomic E-state index is 14.7. The van der Waals surface area contributed by atoms with Crippen LogP contribution >= 0.6 is 0 Å². The number of nitrogens with one attached hydrogen (secondary N) is 16. The number of amides is 18. The number of aliphatic hydroxyl groups is 1. The van der Waals surface area contributed by atoms with Crippen LogP contribution in [0.3, 0.4) is 0 Å². The Morgan fingerprint density at radius 1 is 0.376 bits per heavy atom. The number of primary amides is 3. The summed E-state index contributed by atoms with van der Waals surface area (Å²) in [4.78, 5) is 269. The average Bonchev–Trinajstić information content (AvgIpc) is 1.73. The molecule has 748 valence electrons. The van der Waals surface area contributed by atoms with Gasteiger partial charge in [0.25, 0.3) is 0 Å². The molecule has 1 aromatic heterocycles. The van der Waals surface area contributed by atoms with E-state index in [1.165, 1.54) is 13.8 Å². The summed E-state index contributed by atoms with van der Waals surface area (Å²) in [5, 5.41) is 60.3. The molecule has 0 saturated carbocycles. The molecule has 0 aliphatic rings. The number of aliphatic carboxylic acids is 1. The first kappa shape index (κ1) is 117. The van der Waals surface area contributed by atoms with E-state index in [1.807, 2.05) is 13.8 Å². The van der Waals surface area contributed by atoms with Crippen molar-refractivity contribution < 1.29 is 101 Å². The van der Waals surface area contributed by atoms with Crippen molar-refractivity contribution in [3.05, 3.63) is 36.0 Å². The van der Waals surface area contributed by atoms with Gasteiger partial charge in [0.2, 0.25) is 106 Å². The zero-order valence-corrected chi connectivity index (χ0v) is 79.3. The highest BCUT2D eigenvalue weighted by atomic mass is 16.4. The van der Waals surface area contributed by atoms with Gasteiger partial charge in [-0.3, -0.25) is 91.3 Å². The number of hydrogen-bond acceptors (Lipinski definition) is 23. The summed E-state index contributed by atoms with van der Waals surface area (Å²) in [6, 6.07) is -13.8. The molecule has 0 radical (unpaired) electrons. The highest BCUT2D eigenvalue weighted by Crippen LogP contribution is 2.22. The topological polar surface area (TPSA) is 756 Å². The zero-order chi connectivity index (χ0) is 101. The standard InChI is InChI=1S/C88H150N24O21/c1-15-49(11)71(85(130)105-56(27-21-23-37-90)77(122)102-59(31-34-66(92)115)78(123)106-62(40-46(5)6)82(127)103-58(30-33-65(91)114)76(121)99-51(13)74(119)101-57(28-24-38-96-88(94)95)80(125)111-72(87(132)133)50(12)16-2)109-69(118)44-98-75(120)64(42-53-43-97-55-26-20-19-25-54(53)55)108-84(129)70(48(9)10)110-86(131)73(52(14)113)112-83(128)63(41-47(7)8)107-79(124)60(32-35-67(93)116)104-81(126)61(39-45(3)4)100-68(117)29-18-17-22-36-89/h19-20,25-26,43,45-52,56-64,70-73,97,113H,15-18,21-24,27-42,44,89-90H2,1-14H3,(H2,91,114)(H2,92,115)(H2,93,116)(H,98,120)(H,99,121)(H,100,117)(H,101,119)(H,102,122)(H,103,127)(H,104,126)(H,105,130)(H,106,123)(H,107,124)(H,108,129)(H,109,118)(H,110,131)(H,111,125)(H,112,128)(H,132,133)(H4,94,95,96)/t49-,50-,51-,52+,56-,57-,58-,59-,60-,61-,62-,63-,64-,70-,71-,72-,73-/m0/s1. The third kappa shape index (κ3) is 44.3. The molecule has 0 aliphatic heterocycles. The molecule has 133 heavy (non-hydrogen) atoms. The maximum Gasteiger partial charge on any atom is 0.326 e. The van der Waals surface area contributed by atoms with Crippen molar-refractivity contribution in [2.45, 2.75) is 322 Å². The molecule has 17 atom stereocenters. The molecule has 0 fully saturated rings. The Labute approximate surface area is 777 Å². The van der Waals surface area contributed by atoms with E-state index in [0.29, 0.717) is 55.1 Å². The van der Waals surface area contributed by atoms with Crippen molar-refractivity contribution in [2.24, 2.45) is 80.6 Å². The number of carbonyl (C=O) groups is 19. The minimum absolute atomic E-state index is 0.0199. The molecule has 0 aliphatic carbocycles. The van der Waals surface area contributed by atoms with Gasteiger partial charge in [-0.05, 0) is 158 Å². The monoisotopic (exact) mass is 1880 g/mol. The summed E-state index contributed by atoms with van der Waals surface area (Å²) in [5.74, 6) is -20.8. The van der Waals surface area contributed by atoms with Crippen molar-refractivity contribution in [1.82, 2.24) is 84.7 Å². The summed E-state index contributed by atoms with van der Waals surface area (Å²) < 4.78 is 0. The van der Waals surface area contributed by atoms with Crippen LogP contribution in [0.2, 0.25) is 0 Å². The third-order valence-corrected chi connectivity index (χ3v) is 22.0. The number of carbonyl (C=O) groups excluding carboxylic acids is 18. The number of nitrogens with zero attached hydrogens (tertiary/aromatic N) is 1. The molecular weight excluding hydrogens is 1730 g/mol. The lowest BCUT2D eigenvalue weighted by Gasteiger charge is -2.30. The van der Waals surface area contributed by atoms with Gasteiger partial charge in [0, 0.05) is 55.7 Å². The fraction of sp³-hybridized carbons (Fsp3) is 0.682. The lowest BCUT2D eigenvalue weighted by molar-refractivity contribution is -0.144. The number of guanidine groups is 1. The largest absolute Gasteiger partial charge is 0.480 e. The highest BCUT2D eigenvalue weighted by Gasteiger charge is 2.41. The molecule has 0 spiro atoms. The fourth-order valence-corrected chi connectivity index (χ4v) is 14.1. The minimum Gasteiger partial charge on any atom is -0.480 e. The van der Waals surface area contributed by atoms with Crippen molar-refractivity contribution in [3.63, 3.8) is 0 Å². The van der Waals surface area contributed by atoms with Gasteiger partial charge in [-0.25, -0.2) is 4.79 Å². The van der Waals surface area contributed by atoms with E-state index < -0.39 is 253 Å². The van der Waals surface area contributed by atoms with E-state index in [-0.39, 0.29) is 114 Å². The zero-order valence-electron chi connectivity index (χ0n) is 79.3. The minimum atomic E-state index is -1.81. The Kier molecular flexibility index (Phi) is 53.4. The van der Waals surface area contributed by atoms with Gasteiger partial charge in [0.1, 0.15) is 84.6 Å². The highest BCUT2D eigenvalue weighted by molar-refractivity contribution is 6.01. The predicted molar refractivity (Wildman–Crippen MR) is 495 cm³/mol. The summed E-state index contributed by atoms with van der Waals surface area (Å²) in [6.07, 6.45) is 0.105. The Balaban J connectivity index is 2.53. The van der Waals surface area contributed by atoms with Gasteiger partial charge in [0.05, 0.1) is 12.6 Å². The molecular formula is C88H150N24O21. The molecule has 0 unspecified atom stereocenters. The first-order chi connectivity index (χ1) is 62.5. The van der Waals surface area contributed by atoms with E-state index in [1.54, 1.807) is 99.7 Å². The van der Waals surface area contributed by atoms with Gasteiger partial charge in [-0.2, -0.15) is 0 Å². The summed E-state index contributed by atoms with van der Waals surface area (Å²) in [6.45, 7) is 22.5. The SMILES string of the molecule is CC[C@H](C)[C@H](NC(=O)[C@H](CCCN=C(N)N)NC(=O)[C@H](C)NC(=O)[C@H](CCC(N)=O)NC(=O)[C@H](CC(C)C)NC(=O)[C@H](CCC(N)=O)NC(=O)[C@H](CCCCN)NC(=O)[C@@H](NC(=O)CNC(=O)[C@H](Cc1c[nH]c2ccccc12)NC(=O)[C@@H](NC(=O)[C@@H](NC(=O)[C@H](CC(C)C)NC(=O)[C@H](CCC(N)=O)NC(=O)[C@H](CC(C)C)NC(=O)CCCCCN)[C@@H](C)O)C(C)C)[C@@H](C)CC)C(=O)O. The van der Waals surface area contributed by atoms with Gasteiger partial charge in [-0.15, -0.1) is 0 Å². The van der Waals surface area contributed by atoms with Crippen molar-refractivity contribution in [3.8, 4) is 0 Å². The Bertz CT molecular complexity index is 4230. The fourth-order valence-electron chi connectivity index (χ4n) is 14.1. The second-order valence-electron chi connectivity index (χ2n) is 35.5. The quantitative estimate of drug-likeness (QED) is 0.0173. The second-order valence-corrected chi connectivity index (χ2v) is 35.5. The molecule has 1 heterocycles. The number of nitrogens with two attached hydrogens (primary N) is 7. The number of para-hydroxylation sites is 1. The van der Waals surface area contributed by atoms with Crippen LogP contribution in [0, 0.1) is 35.5 Å². The van der Waals surface area contributed by atoms with Crippen molar-refractivity contribution in [2.75, 3.05) is 26.2 Å². The number of fused-ring (bicyclic) bond motifs is 1. The number of unbranched alkanes of at least 4 members (excludes halogenated alkanes) is 3. The van der Waals surface area contributed by atoms with Crippen LogP contribution in [0.15, 0.2) is 35.5 Å². The molecule has 18 amide bonds. The number of aliphatic imine (C=N–C) groups is 1. The number of aliphatic hydroxyl groups excluding tert-OH is 1. The smallest absolute Gasteiger partial charge is 0.326 e. The number of hydrogen-bond donors (Lipinski definition) is 25. The summed E-state index contributed by atoms with van der Waals surface area (Å²) >= 11 is 0. The molecule has 0 saturated heterocycles. The van der Waals surface area contributed by atoms with Gasteiger partial charge in [-0.1, -0.05) is 121 Å². The number of rotatable bonds is 66.